The first kappa shape index (κ1) is 12.4. The van der Waals surface area contributed by atoms with Crippen molar-refractivity contribution in [3.05, 3.63) is 59.7 Å². The summed E-state index contributed by atoms with van der Waals surface area (Å²) in [6.45, 7) is 1.03. The quantitative estimate of drug-likeness (QED) is 0.783. The first-order chi connectivity index (χ1) is 9.83. The minimum absolute atomic E-state index is 0.517. The molecule has 0 radical (unpaired) electrons. The minimum atomic E-state index is 0.517. The first-order valence-electron chi connectivity index (χ1n) is 6.43. The van der Waals surface area contributed by atoms with Crippen LogP contribution in [0.5, 0.6) is 0 Å². The number of benzene rings is 2. The predicted octanol–water partition coefficient (Wildman–Crippen LogP) is 2.33. The van der Waals surface area contributed by atoms with Crippen molar-refractivity contribution >= 4 is 24.2 Å². The van der Waals surface area contributed by atoms with E-state index >= 15 is 0 Å². The summed E-state index contributed by atoms with van der Waals surface area (Å²) >= 11 is 0. The van der Waals surface area contributed by atoms with Gasteiger partial charge in [0.15, 0.2) is 0 Å². The number of rotatable bonds is 2. The molecule has 0 saturated heterocycles. The number of carbonyl (C=O) groups excluding carboxylic acids is 2. The van der Waals surface area contributed by atoms with Gasteiger partial charge in [0.05, 0.1) is 24.5 Å². The van der Waals surface area contributed by atoms with Crippen LogP contribution in [0.3, 0.4) is 0 Å². The van der Waals surface area contributed by atoms with E-state index in [-0.39, 0.29) is 0 Å². The van der Waals surface area contributed by atoms with Gasteiger partial charge in [-0.05, 0) is 23.3 Å². The molecule has 1 heterocycles. The van der Waals surface area contributed by atoms with Crippen LogP contribution in [-0.4, -0.2) is 12.8 Å². The Kier molecular flexibility index (Phi) is 3.21. The highest BCUT2D eigenvalue weighted by atomic mass is 16.1. The van der Waals surface area contributed by atoms with Gasteiger partial charge in [-0.25, -0.2) is 0 Å². The number of anilines is 2. The van der Waals surface area contributed by atoms with Gasteiger partial charge in [0.25, 0.3) is 0 Å². The second-order valence-corrected chi connectivity index (χ2v) is 4.72. The molecule has 2 aromatic rings. The molecule has 2 amide bonds. The molecule has 4 nitrogen and oxygen atoms in total. The van der Waals surface area contributed by atoms with Crippen LogP contribution in [0, 0.1) is 0 Å². The Labute approximate surface area is 117 Å². The molecule has 20 heavy (non-hydrogen) atoms. The van der Waals surface area contributed by atoms with E-state index in [0.29, 0.717) is 13.1 Å². The fourth-order valence-electron chi connectivity index (χ4n) is 2.54. The number of hydrogen-bond donors (Lipinski definition) is 0. The summed E-state index contributed by atoms with van der Waals surface area (Å²) in [4.78, 5) is 26.1. The van der Waals surface area contributed by atoms with Crippen molar-refractivity contribution in [3.8, 4) is 0 Å². The number of carbonyl (C=O) groups is 2. The van der Waals surface area contributed by atoms with Crippen LogP contribution < -0.4 is 9.80 Å². The molecule has 0 N–H and O–H groups in total. The highest BCUT2D eigenvalue weighted by molar-refractivity contribution is 5.90. The zero-order valence-electron chi connectivity index (χ0n) is 10.9. The van der Waals surface area contributed by atoms with Crippen molar-refractivity contribution in [2.75, 3.05) is 9.80 Å². The van der Waals surface area contributed by atoms with Crippen LogP contribution >= 0.6 is 0 Å². The third kappa shape index (κ3) is 2.05. The molecular formula is C16H14N2O2. The van der Waals surface area contributed by atoms with E-state index in [4.69, 9.17) is 0 Å². The van der Waals surface area contributed by atoms with Crippen LogP contribution in [0.4, 0.5) is 11.4 Å². The minimum Gasteiger partial charge on any atom is -0.309 e. The van der Waals surface area contributed by atoms with E-state index in [1.54, 1.807) is 9.80 Å². The van der Waals surface area contributed by atoms with Crippen molar-refractivity contribution < 1.29 is 9.59 Å². The fourth-order valence-corrected chi connectivity index (χ4v) is 2.54. The van der Waals surface area contributed by atoms with Crippen LogP contribution in [0.15, 0.2) is 48.5 Å². The van der Waals surface area contributed by atoms with Gasteiger partial charge in [-0.3, -0.25) is 9.59 Å². The summed E-state index contributed by atoms with van der Waals surface area (Å²) in [5.41, 5.74) is 3.62. The van der Waals surface area contributed by atoms with E-state index in [1.165, 1.54) is 0 Å². The lowest BCUT2D eigenvalue weighted by molar-refractivity contribution is -0.108. The third-order valence-electron chi connectivity index (χ3n) is 3.55. The fraction of sp³-hybridized carbons (Fsp3) is 0.125. The molecule has 2 aromatic carbocycles. The van der Waals surface area contributed by atoms with E-state index in [2.05, 4.69) is 0 Å². The molecule has 0 aromatic heterocycles. The maximum atomic E-state index is 11.4. The second kappa shape index (κ2) is 5.17. The monoisotopic (exact) mass is 266 g/mol. The summed E-state index contributed by atoms with van der Waals surface area (Å²) in [6.07, 6.45) is 1.62. The lowest BCUT2D eigenvalue weighted by atomic mass is 10.0. The number of para-hydroxylation sites is 2. The molecule has 0 unspecified atom stereocenters. The van der Waals surface area contributed by atoms with E-state index < -0.39 is 0 Å². The summed E-state index contributed by atoms with van der Waals surface area (Å²) < 4.78 is 0. The van der Waals surface area contributed by atoms with Gasteiger partial charge in [0.1, 0.15) is 0 Å². The van der Waals surface area contributed by atoms with Gasteiger partial charge in [-0.2, -0.15) is 0 Å². The number of fused-ring (bicyclic) bond motifs is 2. The van der Waals surface area contributed by atoms with Crippen molar-refractivity contribution in [2.24, 2.45) is 0 Å². The molecular weight excluding hydrogens is 252 g/mol. The average molecular weight is 266 g/mol. The van der Waals surface area contributed by atoms with Gasteiger partial charge in [-0.1, -0.05) is 36.4 Å². The largest absolute Gasteiger partial charge is 0.309 e. The Morgan fingerprint density at radius 2 is 1.10 bits per heavy atom. The molecule has 0 saturated carbocycles. The Morgan fingerprint density at radius 1 is 0.700 bits per heavy atom. The molecule has 0 spiro atoms. The first-order valence-corrected chi connectivity index (χ1v) is 6.43. The van der Waals surface area contributed by atoms with E-state index in [1.807, 2.05) is 48.5 Å². The van der Waals surface area contributed by atoms with Crippen molar-refractivity contribution in [2.45, 2.75) is 13.1 Å². The molecule has 100 valence electrons. The number of amides is 2. The Hall–Kier alpha value is -2.62. The predicted molar refractivity (Wildman–Crippen MR) is 77.4 cm³/mol. The average Bonchev–Trinajstić information content (AvgIpc) is 2.49. The summed E-state index contributed by atoms with van der Waals surface area (Å²) in [7, 11) is 0. The molecule has 4 heteroatoms. The Bertz CT molecular complexity index is 598. The topological polar surface area (TPSA) is 40.6 Å². The van der Waals surface area contributed by atoms with Crippen LogP contribution in [0.25, 0.3) is 0 Å². The number of nitrogens with zero attached hydrogens (tertiary/aromatic N) is 2. The standard InChI is InChI=1S/C16H14N2O2/c19-11-17-9-13-5-1-2-6-14(13)10-18(12-20)16-8-4-3-7-15(16)17/h1-8,11-12H,9-10H2. The lowest BCUT2D eigenvalue weighted by Gasteiger charge is -2.30. The van der Waals surface area contributed by atoms with Crippen LogP contribution in [0.1, 0.15) is 11.1 Å². The van der Waals surface area contributed by atoms with Crippen LogP contribution in [-0.2, 0) is 22.7 Å². The lowest BCUT2D eigenvalue weighted by Crippen LogP contribution is -2.30. The van der Waals surface area contributed by atoms with E-state index in [0.717, 1.165) is 35.3 Å². The zero-order chi connectivity index (χ0) is 13.9. The maximum absolute atomic E-state index is 11.4. The summed E-state index contributed by atoms with van der Waals surface area (Å²) in [5.74, 6) is 0. The highest BCUT2D eigenvalue weighted by Crippen LogP contribution is 2.32. The Morgan fingerprint density at radius 3 is 1.50 bits per heavy atom. The SMILES string of the molecule is O=CN1Cc2ccccc2CN(C=O)c2ccccc21. The Balaban J connectivity index is 2.16. The molecule has 1 aliphatic rings. The smallest absolute Gasteiger partial charge is 0.214 e. The van der Waals surface area contributed by atoms with Gasteiger partial charge in [-0.15, -0.1) is 0 Å². The normalized spacial score (nSPS) is 13.8. The molecule has 0 fully saturated rings. The molecule has 0 bridgehead atoms. The van der Waals surface area contributed by atoms with Gasteiger partial charge >= 0.3 is 0 Å². The van der Waals surface area contributed by atoms with Crippen molar-refractivity contribution in [1.29, 1.82) is 0 Å². The molecule has 0 atom stereocenters. The molecule has 0 aliphatic carbocycles. The van der Waals surface area contributed by atoms with E-state index in [9.17, 15) is 9.59 Å². The second-order valence-electron chi connectivity index (χ2n) is 4.72. The summed E-state index contributed by atoms with van der Waals surface area (Å²) in [5, 5.41) is 0. The van der Waals surface area contributed by atoms with Gasteiger partial charge in [0.2, 0.25) is 12.8 Å². The van der Waals surface area contributed by atoms with Gasteiger partial charge in [0, 0.05) is 0 Å². The molecule has 3 rings (SSSR count). The van der Waals surface area contributed by atoms with Crippen molar-refractivity contribution in [1.82, 2.24) is 0 Å². The maximum Gasteiger partial charge on any atom is 0.214 e. The zero-order valence-corrected chi connectivity index (χ0v) is 10.9. The highest BCUT2D eigenvalue weighted by Gasteiger charge is 2.20. The number of hydrogen-bond acceptors (Lipinski definition) is 2. The third-order valence-corrected chi connectivity index (χ3v) is 3.55. The summed E-state index contributed by atoms with van der Waals surface area (Å²) in [6, 6.07) is 15.3. The van der Waals surface area contributed by atoms with Crippen LogP contribution in [0.2, 0.25) is 0 Å². The van der Waals surface area contributed by atoms with Crippen molar-refractivity contribution in [3.63, 3.8) is 0 Å². The van der Waals surface area contributed by atoms with Gasteiger partial charge < -0.3 is 9.80 Å². The molecule has 1 aliphatic heterocycles.